The number of para-hydroxylation sites is 1. The molecule has 0 amide bonds. The third-order valence-electron chi connectivity index (χ3n) is 2.40. The van der Waals surface area contributed by atoms with E-state index < -0.39 is 5.82 Å². The molecule has 5 heteroatoms. The molecule has 0 heterocycles. The summed E-state index contributed by atoms with van der Waals surface area (Å²) in [5, 5.41) is 3.54. The molecule has 102 valence electrons. The molecule has 0 radical (unpaired) electrons. The molecular weight excluding hydrogens is 257 g/mol. The first kappa shape index (κ1) is 15.2. The standard InChI is InChI=1S/C13H19ClFNO2/c1-17-10-8-16-7-2-3-9-18-13-11(14)5-4-6-12(13)15/h4-6,16H,2-3,7-10H2,1H3. The van der Waals surface area contributed by atoms with Crippen molar-refractivity contribution in [3.63, 3.8) is 0 Å². The van der Waals surface area contributed by atoms with E-state index in [-0.39, 0.29) is 5.75 Å². The number of halogens is 2. The van der Waals surface area contributed by atoms with Gasteiger partial charge in [0, 0.05) is 13.7 Å². The van der Waals surface area contributed by atoms with Gasteiger partial charge in [0.25, 0.3) is 0 Å². The minimum atomic E-state index is -0.416. The van der Waals surface area contributed by atoms with Crippen LogP contribution in [0.4, 0.5) is 4.39 Å². The average Bonchev–Trinajstić information content (AvgIpc) is 2.35. The highest BCUT2D eigenvalue weighted by molar-refractivity contribution is 6.32. The van der Waals surface area contributed by atoms with E-state index in [1.165, 1.54) is 6.07 Å². The highest BCUT2D eigenvalue weighted by atomic mass is 35.5. The summed E-state index contributed by atoms with van der Waals surface area (Å²) in [7, 11) is 1.67. The first-order chi connectivity index (χ1) is 8.75. The Morgan fingerprint density at radius 2 is 2.06 bits per heavy atom. The Hall–Kier alpha value is -0.840. The molecule has 1 rings (SSSR count). The third kappa shape index (κ3) is 5.67. The molecule has 0 aliphatic rings. The van der Waals surface area contributed by atoms with Gasteiger partial charge in [-0.15, -0.1) is 0 Å². The van der Waals surface area contributed by atoms with E-state index in [9.17, 15) is 4.39 Å². The van der Waals surface area contributed by atoms with Crippen LogP contribution in [-0.4, -0.2) is 33.4 Å². The van der Waals surface area contributed by atoms with Crippen molar-refractivity contribution < 1.29 is 13.9 Å². The van der Waals surface area contributed by atoms with Crippen LogP contribution in [0.15, 0.2) is 18.2 Å². The van der Waals surface area contributed by atoms with Gasteiger partial charge in [-0.2, -0.15) is 0 Å². The number of hydrogen-bond donors (Lipinski definition) is 1. The number of hydrogen-bond acceptors (Lipinski definition) is 3. The van der Waals surface area contributed by atoms with Crippen molar-refractivity contribution in [2.75, 3.05) is 33.4 Å². The molecule has 1 aromatic rings. The molecule has 18 heavy (non-hydrogen) atoms. The van der Waals surface area contributed by atoms with Crippen LogP contribution in [-0.2, 0) is 4.74 Å². The van der Waals surface area contributed by atoms with Gasteiger partial charge in [-0.3, -0.25) is 0 Å². The van der Waals surface area contributed by atoms with Gasteiger partial charge >= 0.3 is 0 Å². The Kier molecular flexibility index (Phi) is 7.73. The molecule has 3 nitrogen and oxygen atoms in total. The quantitative estimate of drug-likeness (QED) is 0.703. The zero-order valence-electron chi connectivity index (χ0n) is 10.5. The lowest BCUT2D eigenvalue weighted by molar-refractivity contribution is 0.199. The summed E-state index contributed by atoms with van der Waals surface area (Å²) in [6.45, 7) is 2.92. The van der Waals surface area contributed by atoms with Crippen LogP contribution in [0.1, 0.15) is 12.8 Å². The minimum Gasteiger partial charge on any atom is -0.489 e. The Morgan fingerprint density at radius 1 is 1.22 bits per heavy atom. The van der Waals surface area contributed by atoms with Crippen molar-refractivity contribution in [2.45, 2.75) is 12.8 Å². The molecule has 0 fully saturated rings. The third-order valence-corrected chi connectivity index (χ3v) is 2.69. The number of ether oxygens (including phenoxy) is 2. The largest absolute Gasteiger partial charge is 0.489 e. The van der Waals surface area contributed by atoms with Gasteiger partial charge in [-0.05, 0) is 31.5 Å². The number of methoxy groups -OCH3 is 1. The normalized spacial score (nSPS) is 10.6. The Bertz CT molecular complexity index is 330. The summed E-state index contributed by atoms with van der Waals surface area (Å²) in [6.07, 6.45) is 1.82. The Balaban J connectivity index is 2.11. The van der Waals surface area contributed by atoms with Gasteiger partial charge in [0.2, 0.25) is 0 Å². The van der Waals surface area contributed by atoms with Crippen LogP contribution in [0.2, 0.25) is 5.02 Å². The van der Waals surface area contributed by atoms with E-state index in [1.807, 2.05) is 0 Å². The van der Waals surface area contributed by atoms with E-state index in [0.29, 0.717) is 18.2 Å². The monoisotopic (exact) mass is 275 g/mol. The fourth-order valence-electron chi connectivity index (χ4n) is 1.45. The summed E-state index contributed by atoms with van der Waals surface area (Å²) in [5.41, 5.74) is 0. The number of rotatable bonds is 9. The van der Waals surface area contributed by atoms with Gasteiger partial charge in [0.05, 0.1) is 18.2 Å². The van der Waals surface area contributed by atoms with Crippen LogP contribution in [0.5, 0.6) is 5.75 Å². The van der Waals surface area contributed by atoms with Crippen molar-refractivity contribution in [2.24, 2.45) is 0 Å². The fourth-order valence-corrected chi connectivity index (χ4v) is 1.66. The smallest absolute Gasteiger partial charge is 0.173 e. The van der Waals surface area contributed by atoms with E-state index in [4.69, 9.17) is 21.1 Å². The zero-order chi connectivity index (χ0) is 13.2. The van der Waals surface area contributed by atoms with Crippen molar-refractivity contribution in [1.82, 2.24) is 5.32 Å². The molecule has 0 unspecified atom stereocenters. The first-order valence-electron chi connectivity index (χ1n) is 6.02. The van der Waals surface area contributed by atoms with E-state index in [1.54, 1.807) is 19.2 Å². The molecule has 0 aliphatic carbocycles. The molecule has 0 atom stereocenters. The van der Waals surface area contributed by atoms with Gasteiger partial charge in [0.15, 0.2) is 11.6 Å². The topological polar surface area (TPSA) is 30.5 Å². The number of benzene rings is 1. The summed E-state index contributed by atoms with van der Waals surface area (Å²) >= 11 is 5.84. The maximum atomic E-state index is 13.3. The lowest BCUT2D eigenvalue weighted by Gasteiger charge is -2.09. The van der Waals surface area contributed by atoms with E-state index in [2.05, 4.69) is 5.32 Å². The molecule has 0 aliphatic heterocycles. The SMILES string of the molecule is COCCNCCCCOc1c(F)cccc1Cl. The molecule has 0 aromatic heterocycles. The second kappa shape index (κ2) is 9.14. The summed E-state index contributed by atoms with van der Waals surface area (Å²) in [6, 6.07) is 4.52. The first-order valence-corrected chi connectivity index (χ1v) is 6.40. The second-order valence-corrected chi connectivity index (χ2v) is 4.26. The lowest BCUT2D eigenvalue weighted by atomic mass is 10.3. The van der Waals surface area contributed by atoms with Crippen molar-refractivity contribution in [3.05, 3.63) is 29.0 Å². The molecule has 1 N–H and O–H groups in total. The highest BCUT2D eigenvalue weighted by Gasteiger charge is 2.07. The van der Waals surface area contributed by atoms with Crippen LogP contribution in [0.3, 0.4) is 0 Å². The van der Waals surface area contributed by atoms with Crippen LogP contribution in [0, 0.1) is 5.82 Å². The molecule has 0 bridgehead atoms. The van der Waals surface area contributed by atoms with Crippen LogP contribution < -0.4 is 10.1 Å². The minimum absolute atomic E-state index is 0.145. The lowest BCUT2D eigenvalue weighted by Crippen LogP contribution is -2.20. The molecule has 1 aromatic carbocycles. The zero-order valence-corrected chi connectivity index (χ0v) is 11.3. The van der Waals surface area contributed by atoms with Crippen LogP contribution >= 0.6 is 11.6 Å². The summed E-state index contributed by atoms with van der Waals surface area (Å²) < 4.78 is 23.6. The van der Waals surface area contributed by atoms with E-state index >= 15 is 0 Å². The maximum Gasteiger partial charge on any atom is 0.173 e. The Morgan fingerprint density at radius 3 is 2.78 bits per heavy atom. The highest BCUT2D eigenvalue weighted by Crippen LogP contribution is 2.27. The van der Waals surface area contributed by atoms with Gasteiger partial charge < -0.3 is 14.8 Å². The molecule has 0 saturated heterocycles. The molecular formula is C13H19ClFNO2. The van der Waals surface area contributed by atoms with Crippen molar-refractivity contribution in [1.29, 1.82) is 0 Å². The average molecular weight is 276 g/mol. The van der Waals surface area contributed by atoms with Crippen molar-refractivity contribution in [3.8, 4) is 5.75 Å². The fraction of sp³-hybridized carbons (Fsp3) is 0.538. The number of unbranched alkanes of at least 4 members (excludes halogenated alkanes) is 1. The van der Waals surface area contributed by atoms with Gasteiger partial charge in [-0.25, -0.2) is 4.39 Å². The Labute approximate surface area is 112 Å². The summed E-state index contributed by atoms with van der Waals surface area (Å²) in [5.74, 6) is -0.271. The molecule has 0 spiro atoms. The predicted octanol–water partition coefficient (Wildman–Crippen LogP) is 2.87. The maximum absolute atomic E-state index is 13.3. The second-order valence-electron chi connectivity index (χ2n) is 3.85. The number of nitrogens with one attached hydrogen (secondary N) is 1. The van der Waals surface area contributed by atoms with E-state index in [0.717, 1.165) is 25.9 Å². The van der Waals surface area contributed by atoms with Crippen LogP contribution in [0.25, 0.3) is 0 Å². The van der Waals surface area contributed by atoms with Gasteiger partial charge in [0.1, 0.15) is 0 Å². The van der Waals surface area contributed by atoms with Crippen molar-refractivity contribution >= 4 is 11.6 Å². The van der Waals surface area contributed by atoms with Gasteiger partial charge in [-0.1, -0.05) is 17.7 Å². The predicted molar refractivity (Wildman–Crippen MR) is 70.9 cm³/mol. The molecule has 0 saturated carbocycles. The summed E-state index contributed by atoms with van der Waals surface area (Å²) in [4.78, 5) is 0.